The normalized spacial score (nSPS) is 20.1. The van der Waals surface area contributed by atoms with E-state index in [9.17, 15) is 4.79 Å². The average Bonchev–Trinajstić information content (AvgIpc) is 2.94. The average molecular weight is 348 g/mol. The number of hydrogen-bond donors (Lipinski definition) is 2. The standard InChI is InChI=1S/C14H25N5O3.ClH/c1-9(2)12(16-11(20)8-21-4)14-17-13(18-22-14)10-7-15-5-6-19(10)3;/h9-10,12,15H,5-8H2,1-4H3,(H,16,20);1H/t10?,12-;/m0./s1. The first-order chi connectivity index (χ1) is 10.5. The number of carbonyl (C=O) groups excluding carboxylic acids is 1. The van der Waals surface area contributed by atoms with Crippen LogP contribution in [-0.4, -0.2) is 61.3 Å². The summed E-state index contributed by atoms with van der Waals surface area (Å²) in [4.78, 5) is 18.4. The van der Waals surface area contributed by atoms with Crippen LogP contribution in [0.4, 0.5) is 0 Å². The molecule has 1 aromatic rings. The third-order valence-corrected chi connectivity index (χ3v) is 3.79. The number of methoxy groups -OCH3 is 1. The Hall–Kier alpha value is -1.22. The maximum absolute atomic E-state index is 11.7. The Morgan fingerprint density at radius 1 is 1.57 bits per heavy atom. The lowest BCUT2D eigenvalue weighted by Gasteiger charge is -2.30. The molecule has 0 aromatic carbocycles. The van der Waals surface area contributed by atoms with Crippen LogP contribution in [0, 0.1) is 5.92 Å². The number of nitrogens with zero attached hydrogens (tertiary/aromatic N) is 3. The van der Waals surface area contributed by atoms with E-state index in [1.54, 1.807) is 0 Å². The molecule has 0 bridgehead atoms. The summed E-state index contributed by atoms with van der Waals surface area (Å²) in [6.45, 7) is 6.69. The summed E-state index contributed by atoms with van der Waals surface area (Å²) in [5.74, 6) is 1.03. The Bertz CT molecular complexity index is 497. The molecule has 0 spiro atoms. The summed E-state index contributed by atoms with van der Waals surface area (Å²) in [5.41, 5.74) is 0. The van der Waals surface area contributed by atoms with E-state index in [1.165, 1.54) is 7.11 Å². The number of amides is 1. The maximum Gasteiger partial charge on any atom is 0.249 e. The fourth-order valence-corrected chi connectivity index (χ4v) is 2.46. The van der Waals surface area contributed by atoms with Crippen LogP contribution in [0.1, 0.15) is 37.6 Å². The molecular formula is C14H26ClN5O3. The highest BCUT2D eigenvalue weighted by atomic mass is 35.5. The molecule has 2 atom stereocenters. The highest BCUT2D eigenvalue weighted by molar-refractivity contribution is 5.85. The van der Waals surface area contributed by atoms with Gasteiger partial charge in [-0.3, -0.25) is 9.69 Å². The van der Waals surface area contributed by atoms with Crippen molar-refractivity contribution in [3.05, 3.63) is 11.7 Å². The van der Waals surface area contributed by atoms with Crippen molar-refractivity contribution < 1.29 is 14.1 Å². The molecule has 2 N–H and O–H groups in total. The summed E-state index contributed by atoms with van der Waals surface area (Å²) >= 11 is 0. The number of halogens is 1. The Kier molecular flexibility index (Phi) is 7.90. The van der Waals surface area contributed by atoms with Gasteiger partial charge in [0.2, 0.25) is 11.8 Å². The zero-order chi connectivity index (χ0) is 16.1. The molecule has 1 aromatic heterocycles. The molecule has 2 rings (SSSR count). The van der Waals surface area contributed by atoms with Gasteiger partial charge in [-0.25, -0.2) is 0 Å². The molecule has 2 heterocycles. The first-order valence-corrected chi connectivity index (χ1v) is 7.55. The summed E-state index contributed by atoms with van der Waals surface area (Å²) in [7, 11) is 3.53. The van der Waals surface area contributed by atoms with Crippen LogP contribution < -0.4 is 10.6 Å². The summed E-state index contributed by atoms with van der Waals surface area (Å²) in [6.07, 6.45) is 0. The van der Waals surface area contributed by atoms with Gasteiger partial charge in [0.15, 0.2) is 5.82 Å². The molecule has 132 valence electrons. The van der Waals surface area contributed by atoms with Gasteiger partial charge in [0.05, 0.1) is 6.04 Å². The van der Waals surface area contributed by atoms with Crippen LogP contribution in [0.15, 0.2) is 4.52 Å². The third kappa shape index (κ3) is 5.13. The molecule has 1 saturated heterocycles. The van der Waals surface area contributed by atoms with Crippen molar-refractivity contribution >= 4 is 18.3 Å². The van der Waals surface area contributed by atoms with Crippen molar-refractivity contribution in [1.82, 2.24) is 25.7 Å². The fourth-order valence-electron chi connectivity index (χ4n) is 2.46. The van der Waals surface area contributed by atoms with Crippen LogP contribution in [0.5, 0.6) is 0 Å². The molecule has 1 aliphatic heterocycles. The van der Waals surface area contributed by atoms with Crippen LogP contribution in [0.3, 0.4) is 0 Å². The minimum Gasteiger partial charge on any atom is -0.375 e. The van der Waals surface area contributed by atoms with Crippen LogP contribution in [0.2, 0.25) is 0 Å². The van der Waals surface area contributed by atoms with Crippen molar-refractivity contribution in [1.29, 1.82) is 0 Å². The Morgan fingerprint density at radius 3 is 2.91 bits per heavy atom. The number of piperazine rings is 1. The lowest BCUT2D eigenvalue weighted by Crippen LogP contribution is -2.44. The van der Waals surface area contributed by atoms with E-state index < -0.39 is 0 Å². The molecule has 23 heavy (non-hydrogen) atoms. The Labute approximate surface area is 142 Å². The number of likely N-dealkylation sites (N-methyl/N-ethyl adjacent to an activating group) is 1. The molecule has 1 amide bonds. The van der Waals surface area contributed by atoms with Crippen LogP contribution in [0.25, 0.3) is 0 Å². The molecule has 1 unspecified atom stereocenters. The van der Waals surface area contributed by atoms with Gasteiger partial charge >= 0.3 is 0 Å². The second kappa shape index (κ2) is 9.17. The van der Waals surface area contributed by atoms with E-state index in [2.05, 4.69) is 25.7 Å². The first kappa shape index (κ1) is 19.8. The lowest BCUT2D eigenvalue weighted by atomic mass is 10.0. The van der Waals surface area contributed by atoms with E-state index in [4.69, 9.17) is 9.26 Å². The Balaban J connectivity index is 0.00000264. The van der Waals surface area contributed by atoms with Gasteiger partial charge < -0.3 is 19.9 Å². The summed E-state index contributed by atoms with van der Waals surface area (Å²) < 4.78 is 10.2. The smallest absolute Gasteiger partial charge is 0.249 e. The Morgan fingerprint density at radius 2 is 2.30 bits per heavy atom. The van der Waals surface area contributed by atoms with Gasteiger partial charge in [0.1, 0.15) is 12.6 Å². The van der Waals surface area contributed by atoms with Gasteiger partial charge in [-0.05, 0) is 13.0 Å². The summed E-state index contributed by atoms with van der Waals surface area (Å²) in [5, 5.41) is 10.3. The van der Waals surface area contributed by atoms with Gasteiger partial charge in [-0.15, -0.1) is 12.4 Å². The molecule has 0 aliphatic carbocycles. The third-order valence-electron chi connectivity index (χ3n) is 3.79. The zero-order valence-corrected chi connectivity index (χ0v) is 14.9. The minimum absolute atomic E-state index is 0. The van der Waals surface area contributed by atoms with Crippen molar-refractivity contribution in [2.75, 3.05) is 40.4 Å². The number of aromatic nitrogens is 2. The lowest BCUT2D eigenvalue weighted by molar-refractivity contribution is -0.126. The number of ether oxygens (including phenoxy) is 1. The number of hydrogen-bond acceptors (Lipinski definition) is 7. The molecular weight excluding hydrogens is 322 g/mol. The molecule has 1 fully saturated rings. The molecule has 1 aliphatic rings. The van der Waals surface area contributed by atoms with Gasteiger partial charge in [-0.2, -0.15) is 4.98 Å². The maximum atomic E-state index is 11.7. The monoisotopic (exact) mass is 347 g/mol. The van der Waals surface area contributed by atoms with Gasteiger partial charge in [0.25, 0.3) is 0 Å². The fraction of sp³-hybridized carbons (Fsp3) is 0.786. The van der Waals surface area contributed by atoms with Crippen LogP contribution >= 0.6 is 12.4 Å². The summed E-state index contributed by atoms with van der Waals surface area (Å²) in [6, 6.07) is -0.223. The molecule has 9 heteroatoms. The number of carbonyl (C=O) groups is 1. The highest BCUT2D eigenvalue weighted by Crippen LogP contribution is 2.23. The topological polar surface area (TPSA) is 92.5 Å². The molecule has 0 radical (unpaired) electrons. The van der Waals surface area contributed by atoms with E-state index in [0.29, 0.717) is 11.7 Å². The van der Waals surface area contributed by atoms with Gasteiger partial charge in [-0.1, -0.05) is 19.0 Å². The van der Waals surface area contributed by atoms with E-state index in [1.807, 2.05) is 20.9 Å². The van der Waals surface area contributed by atoms with E-state index >= 15 is 0 Å². The predicted octanol–water partition coefficient (Wildman–Crippen LogP) is 0.527. The number of rotatable bonds is 6. The largest absolute Gasteiger partial charge is 0.375 e. The molecule has 0 saturated carbocycles. The van der Waals surface area contributed by atoms with Crippen molar-refractivity contribution in [2.45, 2.75) is 25.9 Å². The van der Waals surface area contributed by atoms with Crippen molar-refractivity contribution in [3.8, 4) is 0 Å². The van der Waals surface area contributed by atoms with E-state index in [-0.39, 0.29) is 42.9 Å². The van der Waals surface area contributed by atoms with E-state index in [0.717, 1.165) is 19.6 Å². The second-order valence-electron chi connectivity index (χ2n) is 5.91. The van der Waals surface area contributed by atoms with Gasteiger partial charge in [0, 0.05) is 26.7 Å². The predicted molar refractivity (Wildman–Crippen MR) is 87.4 cm³/mol. The van der Waals surface area contributed by atoms with Crippen molar-refractivity contribution in [3.63, 3.8) is 0 Å². The molecule has 8 nitrogen and oxygen atoms in total. The zero-order valence-electron chi connectivity index (χ0n) is 14.0. The van der Waals surface area contributed by atoms with Crippen molar-refractivity contribution in [2.24, 2.45) is 5.92 Å². The van der Waals surface area contributed by atoms with Crippen LogP contribution in [-0.2, 0) is 9.53 Å². The minimum atomic E-state index is -0.314. The number of nitrogens with one attached hydrogen (secondary N) is 2. The SMILES string of the molecule is COCC(=O)N[C@H](c1nc(C2CNCCN2C)no1)C(C)C.Cl. The highest BCUT2D eigenvalue weighted by Gasteiger charge is 2.29. The first-order valence-electron chi connectivity index (χ1n) is 7.55. The quantitative estimate of drug-likeness (QED) is 0.775. The second-order valence-corrected chi connectivity index (χ2v) is 5.91.